The first-order valence-electron chi connectivity index (χ1n) is 10.2. The summed E-state index contributed by atoms with van der Waals surface area (Å²) >= 11 is 18.6. The zero-order chi connectivity index (χ0) is 22.5. The van der Waals surface area contributed by atoms with Gasteiger partial charge < -0.3 is 5.32 Å². The number of halogens is 3. The van der Waals surface area contributed by atoms with Crippen molar-refractivity contribution in [2.24, 2.45) is 11.0 Å². The predicted octanol–water partition coefficient (Wildman–Crippen LogP) is 6.51. The van der Waals surface area contributed by atoms with Crippen LogP contribution in [0.5, 0.6) is 0 Å². The fourth-order valence-electron chi connectivity index (χ4n) is 3.85. The monoisotopic (exact) mass is 475 g/mol. The lowest BCUT2D eigenvalue weighted by Crippen LogP contribution is -2.33. The summed E-state index contributed by atoms with van der Waals surface area (Å²) in [5, 5.41) is 11.3. The van der Waals surface area contributed by atoms with E-state index < -0.39 is 0 Å². The maximum Gasteiger partial charge on any atom is 0.267 e. The molecule has 1 amide bonds. The Kier molecular flexibility index (Phi) is 7.89. The van der Waals surface area contributed by atoms with E-state index in [0.717, 1.165) is 24.8 Å². The molecule has 2 aromatic carbocycles. The third kappa shape index (κ3) is 5.54. The summed E-state index contributed by atoms with van der Waals surface area (Å²) in [4.78, 5) is 12.8. The second kappa shape index (κ2) is 10.4. The van der Waals surface area contributed by atoms with Crippen LogP contribution in [0.2, 0.25) is 15.1 Å². The number of benzene rings is 2. The van der Waals surface area contributed by atoms with E-state index in [4.69, 9.17) is 34.8 Å². The second-order valence-electron chi connectivity index (χ2n) is 7.62. The minimum absolute atomic E-state index is 0.0971. The van der Waals surface area contributed by atoms with Gasteiger partial charge in [0.2, 0.25) is 0 Å². The molecule has 1 aliphatic carbocycles. The first kappa shape index (κ1) is 23.5. The Labute approximate surface area is 198 Å². The molecule has 0 saturated heterocycles. The summed E-state index contributed by atoms with van der Waals surface area (Å²) < 4.78 is 0. The van der Waals surface area contributed by atoms with Crippen molar-refractivity contribution in [3.8, 4) is 12.8 Å². The topological polar surface area (TPSA) is 44.7 Å². The van der Waals surface area contributed by atoms with Crippen LogP contribution in [-0.2, 0) is 4.79 Å². The summed E-state index contributed by atoms with van der Waals surface area (Å²) in [5.41, 5.74) is 2.24. The fourth-order valence-corrected chi connectivity index (χ4v) is 4.47. The van der Waals surface area contributed by atoms with Gasteiger partial charge in [0.25, 0.3) is 5.91 Å². The molecule has 4 rings (SSSR count). The Morgan fingerprint density at radius 3 is 2.45 bits per heavy atom. The largest absolute Gasteiger partial charge is 0.348 e. The van der Waals surface area contributed by atoms with Gasteiger partial charge in [0.1, 0.15) is 5.71 Å². The number of carbonyl (C=O) groups is 1. The van der Waals surface area contributed by atoms with Gasteiger partial charge in [-0.2, -0.15) is 5.10 Å². The quantitative estimate of drug-likeness (QED) is 0.483. The summed E-state index contributed by atoms with van der Waals surface area (Å²) in [5.74, 6) is 0.500. The van der Waals surface area contributed by atoms with E-state index in [0.29, 0.717) is 38.8 Å². The van der Waals surface area contributed by atoms with Crippen molar-refractivity contribution < 1.29 is 4.79 Å². The highest BCUT2D eigenvalue weighted by Crippen LogP contribution is 2.40. The number of nitrogens with one attached hydrogen (secondary N) is 1. The van der Waals surface area contributed by atoms with Gasteiger partial charge in [0.05, 0.1) is 16.8 Å². The van der Waals surface area contributed by atoms with Gasteiger partial charge in [-0.1, -0.05) is 60.3 Å². The molecule has 1 N–H and O–H groups in total. The molecule has 0 spiro atoms. The highest BCUT2D eigenvalue weighted by Gasteiger charge is 2.40. The van der Waals surface area contributed by atoms with Crippen LogP contribution in [0.25, 0.3) is 0 Å². The molecule has 2 aliphatic rings. The van der Waals surface area contributed by atoms with Gasteiger partial charge in [0, 0.05) is 22.5 Å². The molecule has 3 atom stereocenters. The fraction of sp³-hybridized carbons (Fsp3) is 0.333. The predicted molar refractivity (Wildman–Crippen MR) is 130 cm³/mol. The number of hydrazone groups is 1. The van der Waals surface area contributed by atoms with E-state index in [2.05, 4.69) is 30.2 Å². The molecular weight excluding hydrogens is 453 g/mol. The minimum Gasteiger partial charge on any atom is -0.348 e. The third-order valence-corrected chi connectivity index (χ3v) is 6.27. The van der Waals surface area contributed by atoms with Gasteiger partial charge in [-0.15, -0.1) is 12.8 Å². The first-order chi connectivity index (χ1) is 15.0. The average molecular weight is 477 g/mol. The number of rotatable bonds is 6. The third-order valence-electron chi connectivity index (χ3n) is 5.48. The Balaban J connectivity index is 0.00000132. The number of hydrogen-bond donors (Lipinski definition) is 1. The van der Waals surface area contributed by atoms with Crippen LogP contribution in [-0.4, -0.2) is 17.7 Å². The van der Waals surface area contributed by atoms with Crippen molar-refractivity contribution in [1.29, 1.82) is 0 Å². The molecule has 1 aliphatic heterocycles. The van der Waals surface area contributed by atoms with Gasteiger partial charge in [-0.05, 0) is 54.7 Å². The van der Waals surface area contributed by atoms with Gasteiger partial charge >= 0.3 is 0 Å². The normalized spacial score (nSPS) is 21.7. The Morgan fingerprint density at radius 1 is 1.13 bits per heavy atom. The van der Waals surface area contributed by atoms with Crippen LogP contribution in [0.3, 0.4) is 0 Å². The van der Waals surface area contributed by atoms with Crippen molar-refractivity contribution in [2.75, 3.05) is 5.01 Å². The molecule has 0 bridgehead atoms. The van der Waals surface area contributed by atoms with E-state index in [-0.39, 0.29) is 18.0 Å². The van der Waals surface area contributed by atoms with Crippen LogP contribution in [0.4, 0.5) is 5.69 Å². The van der Waals surface area contributed by atoms with E-state index in [1.54, 1.807) is 12.1 Å². The highest BCUT2D eigenvalue weighted by molar-refractivity contribution is 6.40. The molecule has 4 nitrogen and oxygen atoms in total. The molecule has 0 radical (unpaired) electrons. The number of amides is 1. The summed E-state index contributed by atoms with van der Waals surface area (Å²) in [6.45, 7) is 2.17. The van der Waals surface area contributed by atoms with E-state index in [9.17, 15) is 4.79 Å². The van der Waals surface area contributed by atoms with Crippen LogP contribution >= 0.6 is 34.8 Å². The molecule has 2 aromatic rings. The molecule has 1 heterocycles. The Hall–Kier alpha value is -2.19. The lowest BCUT2D eigenvalue weighted by Gasteiger charge is -2.25. The smallest absolute Gasteiger partial charge is 0.267 e. The molecule has 1 saturated carbocycles. The van der Waals surface area contributed by atoms with Crippen molar-refractivity contribution in [2.45, 2.75) is 44.7 Å². The van der Waals surface area contributed by atoms with Crippen LogP contribution in [0.1, 0.15) is 44.2 Å². The van der Waals surface area contributed by atoms with Gasteiger partial charge in [-0.3, -0.25) is 9.80 Å². The van der Waals surface area contributed by atoms with Crippen molar-refractivity contribution in [3.63, 3.8) is 0 Å². The first-order valence-corrected chi connectivity index (χ1v) is 11.3. The number of nitrogens with zero attached hydrogens (tertiary/aromatic N) is 2. The second-order valence-corrected chi connectivity index (χ2v) is 8.90. The summed E-state index contributed by atoms with van der Waals surface area (Å²) in [6.07, 6.45) is 11.8. The van der Waals surface area contributed by atoms with Crippen LogP contribution in [0.15, 0.2) is 47.6 Å². The van der Waals surface area contributed by atoms with Crippen molar-refractivity contribution in [1.82, 2.24) is 5.32 Å². The highest BCUT2D eigenvalue weighted by atomic mass is 35.5. The van der Waals surface area contributed by atoms with Gasteiger partial charge in [0.15, 0.2) is 0 Å². The zero-order valence-electron chi connectivity index (χ0n) is 17.2. The lowest BCUT2D eigenvalue weighted by molar-refractivity contribution is -0.115. The van der Waals surface area contributed by atoms with E-state index in [1.165, 1.54) is 0 Å². The maximum atomic E-state index is 12.8. The summed E-state index contributed by atoms with van der Waals surface area (Å²) in [6, 6.07) is 13.0. The van der Waals surface area contributed by atoms with E-state index >= 15 is 0 Å². The minimum atomic E-state index is -0.141. The SMILES string of the molecule is C#C.CCCC1CC1NC(=O)C1=NN(c2ccc(Cl)cc2Cl)C(c2ccc(Cl)cc2)C1. The van der Waals surface area contributed by atoms with Crippen molar-refractivity contribution in [3.05, 3.63) is 63.1 Å². The van der Waals surface area contributed by atoms with Gasteiger partial charge in [-0.25, -0.2) is 0 Å². The number of carbonyl (C=O) groups excluding carboxylic acids is 1. The molecule has 162 valence electrons. The number of anilines is 1. The standard InChI is InChI=1S/C22H22Cl3N3O.C2H2/c1-2-3-14-10-18(14)26-22(29)19-12-21(13-4-6-15(23)7-5-13)28(27-19)20-9-8-16(24)11-17(20)25;1-2/h4-9,11,14,18,21H,2-3,10,12H2,1H3,(H,26,29);1-2H. The molecule has 31 heavy (non-hydrogen) atoms. The number of terminal acetylenes is 1. The molecule has 7 heteroatoms. The summed E-state index contributed by atoms with van der Waals surface area (Å²) in [7, 11) is 0. The maximum absolute atomic E-state index is 12.8. The van der Waals surface area contributed by atoms with Crippen LogP contribution < -0.4 is 10.3 Å². The van der Waals surface area contributed by atoms with Crippen molar-refractivity contribution >= 4 is 52.1 Å². The van der Waals surface area contributed by atoms with E-state index in [1.807, 2.05) is 35.3 Å². The molecular formula is C24H24Cl3N3O. The average Bonchev–Trinajstić information content (AvgIpc) is 3.32. The van der Waals surface area contributed by atoms with Crippen LogP contribution in [0, 0.1) is 18.8 Å². The lowest BCUT2D eigenvalue weighted by atomic mass is 10.0. The molecule has 1 fully saturated rings. The Morgan fingerprint density at radius 2 is 1.81 bits per heavy atom. The molecule has 3 unspecified atom stereocenters. The number of hydrogen-bond acceptors (Lipinski definition) is 3. The Bertz CT molecular complexity index is 987. The zero-order valence-corrected chi connectivity index (χ0v) is 19.5. The molecule has 0 aromatic heterocycles.